The van der Waals surface area contributed by atoms with Crippen molar-refractivity contribution in [1.29, 1.82) is 0 Å². The van der Waals surface area contributed by atoms with Crippen LogP contribution in [0.3, 0.4) is 0 Å². The molecule has 0 saturated carbocycles. The molecule has 1 saturated heterocycles. The molecule has 19 heavy (non-hydrogen) atoms. The zero-order valence-corrected chi connectivity index (χ0v) is 10.6. The third-order valence-corrected chi connectivity index (χ3v) is 3.42. The SMILES string of the molecule is NCCCN1CC(c2ccc3c(c2)OCO3)NC1=O. The number of hydrogen-bond acceptors (Lipinski definition) is 4. The lowest BCUT2D eigenvalue weighted by atomic mass is 10.1. The number of benzene rings is 1. The van der Waals surface area contributed by atoms with Crippen LogP contribution in [0.1, 0.15) is 18.0 Å². The Morgan fingerprint density at radius 1 is 1.37 bits per heavy atom. The average molecular weight is 263 g/mol. The van der Waals surface area contributed by atoms with Crippen LogP contribution in [0.4, 0.5) is 4.79 Å². The minimum atomic E-state index is -0.0314. The van der Waals surface area contributed by atoms with Gasteiger partial charge in [0.2, 0.25) is 6.79 Å². The second kappa shape index (κ2) is 4.97. The van der Waals surface area contributed by atoms with Gasteiger partial charge in [-0.05, 0) is 30.7 Å². The summed E-state index contributed by atoms with van der Waals surface area (Å²) in [6, 6.07) is 5.74. The normalized spacial score (nSPS) is 20.8. The fourth-order valence-corrected chi connectivity index (χ4v) is 2.38. The van der Waals surface area contributed by atoms with E-state index in [2.05, 4.69) is 5.32 Å². The summed E-state index contributed by atoms with van der Waals surface area (Å²) in [5.41, 5.74) is 6.51. The van der Waals surface area contributed by atoms with Gasteiger partial charge in [-0.1, -0.05) is 6.07 Å². The molecular formula is C13H17N3O3. The Balaban J connectivity index is 1.71. The molecule has 2 amide bonds. The lowest BCUT2D eigenvalue weighted by Crippen LogP contribution is -2.30. The molecule has 3 N–H and O–H groups in total. The number of nitrogens with one attached hydrogen (secondary N) is 1. The van der Waals surface area contributed by atoms with Crippen LogP contribution >= 0.6 is 0 Å². The highest BCUT2D eigenvalue weighted by Gasteiger charge is 2.30. The molecule has 2 heterocycles. The van der Waals surface area contributed by atoms with E-state index in [0.29, 0.717) is 19.6 Å². The van der Waals surface area contributed by atoms with Crippen molar-refractivity contribution in [1.82, 2.24) is 10.2 Å². The molecule has 1 atom stereocenters. The van der Waals surface area contributed by atoms with Crippen LogP contribution < -0.4 is 20.5 Å². The van der Waals surface area contributed by atoms with Gasteiger partial charge in [-0.3, -0.25) is 0 Å². The molecule has 0 aromatic heterocycles. The quantitative estimate of drug-likeness (QED) is 0.843. The number of rotatable bonds is 4. The number of nitrogens with zero attached hydrogens (tertiary/aromatic N) is 1. The van der Waals surface area contributed by atoms with E-state index in [0.717, 1.165) is 23.5 Å². The molecule has 1 aromatic rings. The number of hydrogen-bond donors (Lipinski definition) is 2. The maximum atomic E-state index is 11.8. The summed E-state index contributed by atoms with van der Waals surface area (Å²) in [6.07, 6.45) is 0.821. The third-order valence-electron chi connectivity index (χ3n) is 3.42. The summed E-state index contributed by atoms with van der Waals surface area (Å²) in [5, 5.41) is 2.97. The molecule has 1 unspecified atom stereocenters. The van der Waals surface area contributed by atoms with Gasteiger partial charge >= 0.3 is 6.03 Å². The van der Waals surface area contributed by atoms with Gasteiger partial charge in [0.05, 0.1) is 6.04 Å². The summed E-state index contributed by atoms with van der Waals surface area (Å²) in [7, 11) is 0. The summed E-state index contributed by atoms with van der Waals surface area (Å²) >= 11 is 0. The first-order valence-corrected chi connectivity index (χ1v) is 6.43. The minimum absolute atomic E-state index is 0.000209. The van der Waals surface area contributed by atoms with Crippen molar-refractivity contribution in [2.45, 2.75) is 12.5 Å². The third kappa shape index (κ3) is 2.31. The van der Waals surface area contributed by atoms with E-state index in [1.54, 1.807) is 4.90 Å². The first-order valence-electron chi connectivity index (χ1n) is 6.43. The Kier molecular flexibility index (Phi) is 3.16. The van der Waals surface area contributed by atoms with E-state index < -0.39 is 0 Å². The Morgan fingerprint density at radius 3 is 3.05 bits per heavy atom. The number of amides is 2. The Labute approximate surface area is 111 Å². The number of carbonyl (C=O) groups excluding carboxylic acids is 1. The van der Waals surface area contributed by atoms with Gasteiger partial charge in [-0.25, -0.2) is 4.79 Å². The van der Waals surface area contributed by atoms with E-state index in [4.69, 9.17) is 15.2 Å². The minimum Gasteiger partial charge on any atom is -0.454 e. The number of nitrogens with two attached hydrogens (primary N) is 1. The van der Waals surface area contributed by atoms with E-state index in [-0.39, 0.29) is 18.9 Å². The Morgan fingerprint density at radius 2 is 2.21 bits per heavy atom. The maximum absolute atomic E-state index is 11.8. The van der Waals surface area contributed by atoms with E-state index in [1.807, 2.05) is 18.2 Å². The molecule has 0 aliphatic carbocycles. The van der Waals surface area contributed by atoms with Crippen LogP contribution in [0, 0.1) is 0 Å². The fourth-order valence-electron chi connectivity index (χ4n) is 2.38. The van der Waals surface area contributed by atoms with Crippen molar-refractivity contribution in [2.75, 3.05) is 26.4 Å². The maximum Gasteiger partial charge on any atom is 0.318 e. The second-order valence-electron chi connectivity index (χ2n) is 4.70. The predicted octanol–water partition coefficient (Wildman–Crippen LogP) is 0.830. The van der Waals surface area contributed by atoms with Crippen LogP contribution in [-0.4, -0.2) is 37.4 Å². The van der Waals surface area contributed by atoms with Gasteiger partial charge in [-0.2, -0.15) is 0 Å². The second-order valence-corrected chi connectivity index (χ2v) is 4.70. The first kappa shape index (κ1) is 12.1. The predicted molar refractivity (Wildman–Crippen MR) is 69.1 cm³/mol. The summed E-state index contributed by atoms with van der Waals surface area (Å²) in [4.78, 5) is 13.6. The number of ether oxygens (including phenoxy) is 2. The molecule has 2 aliphatic rings. The molecule has 2 aliphatic heterocycles. The molecule has 6 heteroatoms. The van der Waals surface area contributed by atoms with E-state index in [1.165, 1.54) is 0 Å². The topological polar surface area (TPSA) is 76.8 Å². The molecule has 0 bridgehead atoms. The molecule has 0 spiro atoms. The van der Waals surface area contributed by atoms with Gasteiger partial charge in [-0.15, -0.1) is 0 Å². The number of fused-ring (bicyclic) bond motifs is 1. The molecule has 1 aromatic carbocycles. The van der Waals surface area contributed by atoms with Crippen molar-refractivity contribution in [3.05, 3.63) is 23.8 Å². The van der Waals surface area contributed by atoms with Crippen molar-refractivity contribution in [3.63, 3.8) is 0 Å². The van der Waals surface area contributed by atoms with Crippen LogP contribution in [0.15, 0.2) is 18.2 Å². The Hall–Kier alpha value is -1.95. The van der Waals surface area contributed by atoms with Crippen molar-refractivity contribution in [2.24, 2.45) is 5.73 Å². The van der Waals surface area contributed by atoms with Gasteiger partial charge in [0.1, 0.15) is 0 Å². The standard InChI is InChI=1S/C13H17N3O3/c14-4-1-5-16-7-10(15-13(16)17)9-2-3-11-12(6-9)19-8-18-11/h2-3,6,10H,1,4-5,7-8,14H2,(H,15,17). The highest BCUT2D eigenvalue weighted by atomic mass is 16.7. The van der Waals surface area contributed by atoms with E-state index in [9.17, 15) is 4.79 Å². The smallest absolute Gasteiger partial charge is 0.318 e. The van der Waals surface area contributed by atoms with Crippen LogP contribution in [0.25, 0.3) is 0 Å². The molecular weight excluding hydrogens is 246 g/mol. The van der Waals surface area contributed by atoms with Gasteiger partial charge in [0.15, 0.2) is 11.5 Å². The lowest BCUT2D eigenvalue weighted by Gasteiger charge is -2.14. The fraction of sp³-hybridized carbons (Fsp3) is 0.462. The zero-order valence-electron chi connectivity index (χ0n) is 10.6. The van der Waals surface area contributed by atoms with E-state index >= 15 is 0 Å². The zero-order chi connectivity index (χ0) is 13.2. The van der Waals surface area contributed by atoms with Crippen LogP contribution in [0.5, 0.6) is 11.5 Å². The summed E-state index contributed by atoms with van der Waals surface area (Å²) < 4.78 is 10.6. The van der Waals surface area contributed by atoms with Gasteiger partial charge in [0.25, 0.3) is 0 Å². The summed E-state index contributed by atoms with van der Waals surface area (Å²) in [6.45, 7) is 2.22. The lowest BCUT2D eigenvalue weighted by molar-refractivity contribution is 0.174. The molecule has 0 radical (unpaired) electrons. The van der Waals surface area contributed by atoms with Crippen LogP contribution in [0.2, 0.25) is 0 Å². The van der Waals surface area contributed by atoms with Gasteiger partial charge in [0, 0.05) is 13.1 Å². The monoisotopic (exact) mass is 263 g/mol. The van der Waals surface area contributed by atoms with Crippen molar-refractivity contribution >= 4 is 6.03 Å². The summed E-state index contributed by atoms with van der Waals surface area (Å²) in [5.74, 6) is 1.50. The van der Waals surface area contributed by atoms with Gasteiger partial charge < -0.3 is 25.4 Å². The Bertz CT molecular complexity index is 492. The number of urea groups is 1. The van der Waals surface area contributed by atoms with Crippen molar-refractivity contribution < 1.29 is 14.3 Å². The largest absolute Gasteiger partial charge is 0.454 e. The van der Waals surface area contributed by atoms with Crippen LogP contribution in [-0.2, 0) is 0 Å². The van der Waals surface area contributed by atoms with Crippen molar-refractivity contribution in [3.8, 4) is 11.5 Å². The molecule has 3 rings (SSSR count). The molecule has 6 nitrogen and oxygen atoms in total. The molecule has 1 fully saturated rings. The highest BCUT2D eigenvalue weighted by molar-refractivity contribution is 5.77. The first-order chi connectivity index (χ1) is 9.28. The highest BCUT2D eigenvalue weighted by Crippen LogP contribution is 2.35. The molecule has 102 valence electrons. The average Bonchev–Trinajstić information content (AvgIpc) is 3.02. The number of carbonyl (C=O) groups is 1.